The molecule has 2 heteroatoms. The Labute approximate surface area is 99.5 Å². The lowest BCUT2D eigenvalue weighted by Gasteiger charge is -2.23. The zero-order valence-electron chi connectivity index (χ0n) is 10.9. The Balaban J connectivity index is 2.55. The van der Waals surface area contributed by atoms with Crippen molar-refractivity contribution in [3.63, 3.8) is 0 Å². The summed E-state index contributed by atoms with van der Waals surface area (Å²) in [5, 5.41) is 0. The van der Waals surface area contributed by atoms with Crippen molar-refractivity contribution in [3.8, 4) is 0 Å². The maximum Gasteiger partial charge on any atom is 0.0424 e. The van der Waals surface area contributed by atoms with Crippen LogP contribution in [0.15, 0.2) is 24.3 Å². The van der Waals surface area contributed by atoms with E-state index in [0.29, 0.717) is 5.92 Å². The smallest absolute Gasteiger partial charge is 0.0424 e. The molecule has 1 aromatic rings. The van der Waals surface area contributed by atoms with Crippen LogP contribution >= 0.6 is 0 Å². The molecule has 90 valence electrons. The first kappa shape index (κ1) is 13.2. The summed E-state index contributed by atoms with van der Waals surface area (Å²) in [7, 11) is 2.13. The third kappa shape index (κ3) is 4.33. The highest BCUT2D eigenvalue weighted by molar-refractivity contribution is 5.24. The molecular weight excluding hydrogens is 196 g/mol. The molecule has 0 heterocycles. The molecule has 1 atom stereocenters. The molecule has 0 amide bonds. The normalized spacial score (nSPS) is 13.4. The molecular formula is C14H24N2. The second-order valence-corrected chi connectivity index (χ2v) is 5.14. The van der Waals surface area contributed by atoms with Crippen LogP contribution in [0.4, 0.5) is 0 Å². The molecule has 1 rings (SSSR count). The minimum atomic E-state index is 0.114. The average molecular weight is 220 g/mol. The Morgan fingerprint density at radius 2 is 1.94 bits per heavy atom. The number of hydrogen-bond acceptors (Lipinski definition) is 2. The van der Waals surface area contributed by atoms with Crippen LogP contribution in [0, 0.1) is 12.8 Å². The molecule has 0 saturated carbocycles. The van der Waals surface area contributed by atoms with Crippen molar-refractivity contribution in [1.82, 2.24) is 4.90 Å². The molecule has 0 radical (unpaired) electrons. The fourth-order valence-corrected chi connectivity index (χ4v) is 2.04. The summed E-state index contributed by atoms with van der Waals surface area (Å²) < 4.78 is 0. The van der Waals surface area contributed by atoms with Crippen LogP contribution in [0.1, 0.15) is 31.0 Å². The van der Waals surface area contributed by atoms with E-state index in [-0.39, 0.29) is 6.04 Å². The van der Waals surface area contributed by atoms with Gasteiger partial charge < -0.3 is 10.6 Å². The standard InChI is InChI=1S/C14H24N2/c1-11(2)9-16(4)10-14(15)13-7-5-6-12(3)8-13/h5-8,11,14H,9-10,15H2,1-4H3. The zero-order chi connectivity index (χ0) is 12.1. The van der Waals surface area contributed by atoms with Crippen molar-refractivity contribution in [2.24, 2.45) is 11.7 Å². The Hall–Kier alpha value is -0.860. The van der Waals surface area contributed by atoms with Crippen molar-refractivity contribution in [3.05, 3.63) is 35.4 Å². The molecule has 0 aromatic heterocycles. The molecule has 0 aliphatic heterocycles. The van der Waals surface area contributed by atoms with Crippen LogP contribution in [0.2, 0.25) is 0 Å². The predicted molar refractivity (Wildman–Crippen MR) is 70.4 cm³/mol. The first-order valence-electron chi connectivity index (χ1n) is 5.99. The SMILES string of the molecule is Cc1cccc(C(N)CN(C)CC(C)C)c1. The maximum absolute atomic E-state index is 6.20. The first-order chi connectivity index (χ1) is 7.49. The summed E-state index contributed by atoms with van der Waals surface area (Å²) in [6.45, 7) is 8.58. The van der Waals surface area contributed by atoms with E-state index in [1.165, 1.54) is 11.1 Å². The van der Waals surface area contributed by atoms with E-state index in [2.05, 4.69) is 57.0 Å². The molecule has 2 nitrogen and oxygen atoms in total. The summed E-state index contributed by atoms with van der Waals surface area (Å²) in [5.74, 6) is 0.690. The van der Waals surface area contributed by atoms with E-state index in [1.54, 1.807) is 0 Å². The van der Waals surface area contributed by atoms with Gasteiger partial charge >= 0.3 is 0 Å². The Bertz CT molecular complexity index is 320. The monoisotopic (exact) mass is 220 g/mol. The second-order valence-electron chi connectivity index (χ2n) is 5.14. The fourth-order valence-electron chi connectivity index (χ4n) is 2.04. The third-order valence-corrected chi connectivity index (χ3v) is 2.66. The topological polar surface area (TPSA) is 29.3 Å². The van der Waals surface area contributed by atoms with Gasteiger partial charge in [0.2, 0.25) is 0 Å². The average Bonchev–Trinajstić information content (AvgIpc) is 2.16. The molecule has 1 unspecified atom stereocenters. The van der Waals surface area contributed by atoms with E-state index >= 15 is 0 Å². The summed E-state index contributed by atoms with van der Waals surface area (Å²) in [6.07, 6.45) is 0. The van der Waals surface area contributed by atoms with Gasteiger partial charge in [-0.15, -0.1) is 0 Å². The van der Waals surface area contributed by atoms with Gasteiger partial charge in [-0.3, -0.25) is 0 Å². The number of benzene rings is 1. The lowest BCUT2D eigenvalue weighted by Crippen LogP contribution is -2.31. The van der Waals surface area contributed by atoms with Gasteiger partial charge in [0, 0.05) is 19.1 Å². The molecule has 1 aromatic carbocycles. The summed E-state index contributed by atoms with van der Waals surface area (Å²) >= 11 is 0. The van der Waals surface area contributed by atoms with Crippen molar-refractivity contribution < 1.29 is 0 Å². The lowest BCUT2D eigenvalue weighted by molar-refractivity contribution is 0.279. The minimum absolute atomic E-state index is 0.114. The number of aryl methyl sites for hydroxylation is 1. The minimum Gasteiger partial charge on any atom is -0.323 e. The highest BCUT2D eigenvalue weighted by atomic mass is 15.1. The quantitative estimate of drug-likeness (QED) is 0.826. The lowest BCUT2D eigenvalue weighted by atomic mass is 10.0. The number of hydrogen-bond donors (Lipinski definition) is 1. The van der Waals surface area contributed by atoms with Crippen LogP contribution in [-0.2, 0) is 0 Å². The van der Waals surface area contributed by atoms with E-state index in [0.717, 1.165) is 13.1 Å². The van der Waals surface area contributed by atoms with E-state index < -0.39 is 0 Å². The third-order valence-electron chi connectivity index (χ3n) is 2.66. The van der Waals surface area contributed by atoms with Crippen molar-refractivity contribution >= 4 is 0 Å². The largest absolute Gasteiger partial charge is 0.323 e. The van der Waals surface area contributed by atoms with Gasteiger partial charge in [-0.25, -0.2) is 0 Å². The Morgan fingerprint density at radius 3 is 2.50 bits per heavy atom. The van der Waals surface area contributed by atoms with Crippen molar-refractivity contribution in [1.29, 1.82) is 0 Å². The zero-order valence-corrected chi connectivity index (χ0v) is 10.9. The van der Waals surface area contributed by atoms with Crippen LogP contribution in [-0.4, -0.2) is 25.0 Å². The van der Waals surface area contributed by atoms with Gasteiger partial charge in [-0.2, -0.15) is 0 Å². The molecule has 0 bridgehead atoms. The number of rotatable bonds is 5. The maximum atomic E-state index is 6.20. The molecule has 0 fully saturated rings. The Kier molecular flexibility index (Phi) is 4.97. The van der Waals surface area contributed by atoms with Gasteiger partial charge in [-0.05, 0) is 25.5 Å². The van der Waals surface area contributed by atoms with E-state index in [1.807, 2.05) is 0 Å². The van der Waals surface area contributed by atoms with Crippen LogP contribution in [0.25, 0.3) is 0 Å². The highest BCUT2D eigenvalue weighted by Gasteiger charge is 2.10. The Morgan fingerprint density at radius 1 is 1.25 bits per heavy atom. The van der Waals surface area contributed by atoms with E-state index in [9.17, 15) is 0 Å². The van der Waals surface area contributed by atoms with Crippen LogP contribution in [0.3, 0.4) is 0 Å². The van der Waals surface area contributed by atoms with Gasteiger partial charge in [0.15, 0.2) is 0 Å². The molecule has 0 spiro atoms. The molecule has 0 aliphatic rings. The van der Waals surface area contributed by atoms with Gasteiger partial charge in [-0.1, -0.05) is 43.7 Å². The fraction of sp³-hybridized carbons (Fsp3) is 0.571. The van der Waals surface area contributed by atoms with Crippen molar-refractivity contribution in [2.45, 2.75) is 26.8 Å². The first-order valence-corrected chi connectivity index (χ1v) is 5.99. The number of nitrogens with two attached hydrogens (primary N) is 1. The molecule has 2 N–H and O–H groups in total. The summed E-state index contributed by atoms with van der Waals surface area (Å²) in [5.41, 5.74) is 8.71. The van der Waals surface area contributed by atoms with Crippen LogP contribution in [0.5, 0.6) is 0 Å². The highest BCUT2D eigenvalue weighted by Crippen LogP contribution is 2.13. The van der Waals surface area contributed by atoms with Gasteiger partial charge in [0.1, 0.15) is 0 Å². The van der Waals surface area contributed by atoms with E-state index in [4.69, 9.17) is 5.73 Å². The van der Waals surface area contributed by atoms with Gasteiger partial charge in [0.05, 0.1) is 0 Å². The second kappa shape index (κ2) is 6.02. The summed E-state index contributed by atoms with van der Waals surface area (Å²) in [4.78, 5) is 2.30. The van der Waals surface area contributed by atoms with Crippen molar-refractivity contribution in [2.75, 3.05) is 20.1 Å². The molecule has 0 aliphatic carbocycles. The van der Waals surface area contributed by atoms with Crippen LogP contribution < -0.4 is 5.73 Å². The predicted octanol–water partition coefficient (Wildman–Crippen LogP) is 2.58. The molecule has 0 saturated heterocycles. The number of nitrogens with zero attached hydrogens (tertiary/aromatic N) is 1. The molecule has 16 heavy (non-hydrogen) atoms. The number of likely N-dealkylation sites (N-methyl/N-ethyl adjacent to an activating group) is 1. The van der Waals surface area contributed by atoms with Gasteiger partial charge in [0.25, 0.3) is 0 Å². The summed E-state index contributed by atoms with van der Waals surface area (Å²) in [6, 6.07) is 8.58.